The zero-order chi connectivity index (χ0) is 23.8. The minimum absolute atomic E-state index is 0.0186. The molecule has 0 amide bonds. The number of benzene rings is 2. The van der Waals surface area contributed by atoms with Gasteiger partial charge in [0.1, 0.15) is 23.4 Å². The van der Waals surface area contributed by atoms with E-state index in [2.05, 4.69) is 9.97 Å². The molecule has 33 heavy (non-hydrogen) atoms. The Morgan fingerprint density at radius 1 is 1.03 bits per heavy atom. The molecular formula is C23H21F3N4O3. The van der Waals surface area contributed by atoms with Gasteiger partial charge in [0.05, 0.1) is 49.4 Å². The largest absolute Gasteiger partial charge is 0.496 e. The minimum Gasteiger partial charge on any atom is -0.496 e. The lowest BCUT2D eigenvalue weighted by molar-refractivity contribution is -0.133. The lowest BCUT2D eigenvalue weighted by Crippen LogP contribution is -2.13. The monoisotopic (exact) mass is 458 g/mol. The molecule has 0 fully saturated rings. The van der Waals surface area contributed by atoms with Crippen molar-refractivity contribution < 1.29 is 27.4 Å². The highest BCUT2D eigenvalue weighted by Gasteiger charge is 2.30. The molecule has 0 aliphatic carbocycles. The van der Waals surface area contributed by atoms with Gasteiger partial charge in [-0.2, -0.15) is 13.2 Å². The Labute approximate surface area is 187 Å². The molecule has 4 rings (SSSR count). The van der Waals surface area contributed by atoms with E-state index < -0.39 is 24.8 Å². The number of carbonyl (C=O) groups excluding carboxylic acids is 1. The number of Topliss-reactive ketones (excluding diaryl/α,β-unsaturated/α-hetero) is 1. The summed E-state index contributed by atoms with van der Waals surface area (Å²) >= 11 is 0. The number of alkyl halides is 3. The molecule has 0 atom stereocenters. The molecule has 0 aliphatic heterocycles. The van der Waals surface area contributed by atoms with Crippen molar-refractivity contribution in [3.8, 4) is 28.4 Å². The topological polar surface area (TPSA) is 71.2 Å². The number of ketones is 1. The highest BCUT2D eigenvalue weighted by molar-refractivity contribution is 6.02. The van der Waals surface area contributed by atoms with Crippen molar-refractivity contribution in [3.05, 3.63) is 54.7 Å². The van der Waals surface area contributed by atoms with Crippen molar-refractivity contribution in [3.63, 3.8) is 0 Å². The van der Waals surface area contributed by atoms with E-state index in [0.717, 1.165) is 22.3 Å². The summed E-state index contributed by atoms with van der Waals surface area (Å²) in [4.78, 5) is 21.4. The maximum Gasteiger partial charge on any atom is 0.389 e. The first kappa shape index (κ1) is 22.4. The van der Waals surface area contributed by atoms with Crippen LogP contribution in [0.15, 0.2) is 49.2 Å². The third-order valence-electron chi connectivity index (χ3n) is 5.23. The molecule has 7 nitrogen and oxygen atoms in total. The van der Waals surface area contributed by atoms with Gasteiger partial charge in [0.25, 0.3) is 0 Å². The van der Waals surface area contributed by atoms with Gasteiger partial charge in [-0.25, -0.2) is 9.97 Å². The highest BCUT2D eigenvalue weighted by Crippen LogP contribution is 2.36. The smallest absolute Gasteiger partial charge is 0.389 e. The molecule has 0 aliphatic rings. The van der Waals surface area contributed by atoms with Gasteiger partial charge in [-0.3, -0.25) is 9.36 Å². The van der Waals surface area contributed by atoms with Crippen molar-refractivity contribution in [2.24, 2.45) is 7.05 Å². The zero-order valence-electron chi connectivity index (χ0n) is 18.2. The molecule has 0 N–H and O–H groups in total. The Balaban J connectivity index is 1.74. The third kappa shape index (κ3) is 4.55. The number of imidazole rings is 2. The van der Waals surface area contributed by atoms with Crippen LogP contribution in [0.5, 0.6) is 11.5 Å². The number of methoxy groups -OCH3 is 2. The average molecular weight is 458 g/mol. The Bertz CT molecular complexity index is 1300. The van der Waals surface area contributed by atoms with E-state index >= 15 is 0 Å². The quantitative estimate of drug-likeness (QED) is 0.366. The number of aromatic nitrogens is 4. The third-order valence-corrected chi connectivity index (χ3v) is 5.23. The van der Waals surface area contributed by atoms with E-state index in [1.165, 1.54) is 14.2 Å². The van der Waals surface area contributed by atoms with Gasteiger partial charge >= 0.3 is 6.18 Å². The van der Waals surface area contributed by atoms with Crippen molar-refractivity contribution in [2.75, 3.05) is 14.2 Å². The molecule has 0 saturated heterocycles. The Morgan fingerprint density at radius 2 is 1.73 bits per heavy atom. The number of hydrogen-bond donors (Lipinski definition) is 0. The zero-order valence-corrected chi connectivity index (χ0v) is 18.2. The number of rotatable bonds is 7. The van der Waals surface area contributed by atoms with E-state index in [1.54, 1.807) is 29.4 Å². The summed E-state index contributed by atoms with van der Waals surface area (Å²) in [5, 5.41) is 0. The average Bonchev–Trinajstić information content (AvgIpc) is 3.41. The fourth-order valence-electron chi connectivity index (χ4n) is 3.63. The van der Waals surface area contributed by atoms with Crippen LogP contribution >= 0.6 is 0 Å². The van der Waals surface area contributed by atoms with Gasteiger partial charge in [-0.05, 0) is 12.1 Å². The van der Waals surface area contributed by atoms with Crippen molar-refractivity contribution in [1.29, 1.82) is 0 Å². The van der Waals surface area contributed by atoms with E-state index in [-0.39, 0.29) is 17.1 Å². The van der Waals surface area contributed by atoms with E-state index in [0.29, 0.717) is 5.69 Å². The SMILES string of the molecule is COc1cc(-n2cnc3cc(-c4cn(C)cn4)ccc32)cc(OC)c1C(=O)CCC(F)(F)F. The van der Waals surface area contributed by atoms with Crippen LogP contribution < -0.4 is 9.47 Å². The first-order chi connectivity index (χ1) is 15.7. The number of ether oxygens (including phenoxy) is 2. The molecule has 0 spiro atoms. The number of nitrogens with zero attached hydrogens (tertiary/aromatic N) is 4. The van der Waals surface area contributed by atoms with Gasteiger partial charge in [-0.1, -0.05) is 6.07 Å². The predicted octanol–water partition coefficient (Wildman–Crippen LogP) is 4.97. The van der Waals surface area contributed by atoms with Crippen LogP contribution in [0.1, 0.15) is 23.2 Å². The second-order valence-electron chi connectivity index (χ2n) is 7.51. The Hall–Kier alpha value is -3.82. The Morgan fingerprint density at radius 3 is 2.30 bits per heavy atom. The molecule has 0 saturated carbocycles. The molecule has 10 heteroatoms. The summed E-state index contributed by atoms with van der Waals surface area (Å²) in [6, 6.07) is 8.89. The summed E-state index contributed by atoms with van der Waals surface area (Å²) in [5.74, 6) is -0.449. The van der Waals surface area contributed by atoms with Crippen LogP contribution in [-0.2, 0) is 7.05 Å². The second-order valence-corrected chi connectivity index (χ2v) is 7.51. The number of carbonyl (C=O) groups is 1. The number of aryl methyl sites for hydroxylation is 1. The lowest BCUT2D eigenvalue weighted by atomic mass is 10.0. The van der Waals surface area contributed by atoms with Gasteiger partial charge in [0.15, 0.2) is 5.78 Å². The second kappa shape index (κ2) is 8.61. The standard InChI is InChI=1S/C23H21F3N4O3/c1-29-11-17(27-12-29)14-4-5-18-16(8-14)28-13-30(18)15-9-20(32-2)22(21(10-15)33-3)19(31)6-7-23(24,25)26/h4-5,8-13H,6-7H2,1-3H3. The first-order valence-corrected chi connectivity index (χ1v) is 10.0. The lowest BCUT2D eigenvalue weighted by Gasteiger charge is -2.16. The van der Waals surface area contributed by atoms with Crippen molar-refractivity contribution >= 4 is 16.8 Å². The fraction of sp³-hybridized carbons (Fsp3) is 0.261. The summed E-state index contributed by atoms with van der Waals surface area (Å²) < 4.78 is 52.1. The van der Waals surface area contributed by atoms with Crippen LogP contribution in [-0.4, -0.2) is 45.3 Å². The summed E-state index contributed by atoms with van der Waals surface area (Å²) in [7, 11) is 4.59. The first-order valence-electron chi connectivity index (χ1n) is 10.0. The molecule has 2 aromatic carbocycles. The van der Waals surface area contributed by atoms with Crippen molar-refractivity contribution in [2.45, 2.75) is 19.0 Å². The van der Waals surface area contributed by atoms with Crippen LogP contribution in [0.3, 0.4) is 0 Å². The van der Waals surface area contributed by atoms with Crippen molar-refractivity contribution in [1.82, 2.24) is 19.1 Å². The summed E-state index contributed by atoms with van der Waals surface area (Å²) in [6.45, 7) is 0. The number of fused-ring (bicyclic) bond motifs is 1. The van der Waals surface area contributed by atoms with E-state index in [4.69, 9.17) is 9.47 Å². The number of hydrogen-bond acceptors (Lipinski definition) is 5. The van der Waals surface area contributed by atoms with Gasteiger partial charge in [0, 0.05) is 37.4 Å². The minimum atomic E-state index is -4.43. The predicted molar refractivity (Wildman–Crippen MR) is 116 cm³/mol. The molecule has 0 bridgehead atoms. The van der Waals surface area contributed by atoms with Gasteiger partial charge < -0.3 is 14.0 Å². The van der Waals surface area contributed by atoms with E-state index in [9.17, 15) is 18.0 Å². The molecule has 0 unspecified atom stereocenters. The summed E-state index contributed by atoms with van der Waals surface area (Å²) in [6.07, 6.45) is -1.10. The number of halogens is 3. The molecule has 0 radical (unpaired) electrons. The molecule has 2 heterocycles. The van der Waals surface area contributed by atoms with Gasteiger partial charge in [-0.15, -0.1) is 0 Å². The van der Waals surface area contributed by atoms with Gasteiger partial charge in [0.2, 0.25) is 0 Å². The van der Waals surface area contributed by atoms with Crippen LogP contribution in [0.4, 0.5) is 13.2 Å². The van der Waals surface area contributed by atoms with E-state index in [1.807, 2.05) is 36.0 Å². The van der Waals surface area contributed by atoms with Crippen LogP contribution in [0, 0.1) is 0 Å². The van der Waals surface area contributed by atoms with Crippen LogP contribution in [0.2, 0.25) is 0 Å². The highest BCUT2D eigenvalue weighted by atomic mass is 19.4. The van der Waals surface area contributed by atoms with Crippen LogP contribution in [0.25, 0.3) is 28.0 Å². The molecule has 2 aromatic heterocycles. The molecule has 172 valence electrons. The Kier molecular flexibility index (Phi) is 5.84. The maximum atomic E-state index is 12.6. The summed E-state index contributed by atoms with van der Waals surface area (Å²) in [5.41, 5.74) is 3.81. The normalized spacial score (nSPS) is 11.7. The molecular weight excluding hydrogens is 437 g/mol. The fourth-order valence-corrected chi connectivity index (χ4v) is 3.63. The maximum absolute atomic E-state index is 12.6. The molecule has 4 aromatic rings.